The second kappa shape index (κ2) is 3.58. The highest BCUT2D eigenvalue weighted by Crippen LogP contribution is 2.39. The molecule has 0 heterocycles. The van der Waals surface area contributed by atoms with Crippen LogP contribution in [0.4, 0.5) is 13.2 Å². The maximum absolute atomic E-state index is 11.8. The van der Waals surface area contributed by atoms with Gasteiger partial charge in [0.1, 0.15) is 0 Å². The highest BCUT2D eigenvalue weighted by atomic mass is 35.5. The van der Waals surface area contributed by atoms with Gasteiger partial charge in [0.05, 0.1) is 5.02 Å². The van der Waals surface area contributed by atoms with E-state index in [-0.39, 0.29) is 21.7 Å². The molecule has 0 bridgehead atoms. The van der Waals surface area contributed by atoms with E-state index in [4.69, 9.17) is 11.6 Å². The molecule has 0 saturated heterocycles. The second-order valence-electron chi connectivity index (χ2n) is 1.90. The summed E-state index contributed by atoms with van der Waals surface area (Å²) in [5.74, 6) is 0. The van der Waals surface area contributed by atoms with Gasteiger partial charge in [-0.15, -0.1) is 0 Å². The first kappa shape index (κ1) is 9.74. The van der Waals surface area contributed by atoms with E-state index in [9.17, 15) is 13.2 Å². The molecule has 0 N–H and O–H groups in total. The van der Waals surface area contributed by atoms with Gasteiger partial charge >= 0.3 is 5.51 Å². The monoisotopic (exact) mass is 211 g/mol. The molecule has 0 spiro atoms. The maximum atomic E-state index is 11.8. The average molecular weight is 212 g/mol. The van der Waals surface area contributed by atoms with Crippen molar-refractivity contribution in [3.05, 3.63) is 29.3 Å². The van der Waals surface area contributed by atoms with Crippen molar-refractivity contribution in [2.75, 3.05) is 0 Å². The Hall–Kier alpha value is -0.350. The quantitative estimate of drug-likeness (QED) is 0.638. The van der Waals surface area contributed by atoms with Gasteiger partial charge in [-0.05, 0) is 30.0 Å². The Morgan fingerprint density at radius 3 is 2.58 bits per heavy atom. The zero-order valence-corrected chi connectivity index (χ0v) is 7.22. The van der Waals surface area contributed by atoms with Gasteiger partial charge in [0.15, 0.2) is 0 Å². The molecule has 5 heteroatoms. The summed E-state index contributed by atoms with van der Waals surface area (Å²) in [4.78, 5) is -0.0216. The smallest absolute Gasteiger partial charge is 0.160 e. The molecule has 1 aromatic carbocycles. The number of thioether (sulfide) groups is 1. The maximum Gasteiger partial charge on any atom is 0.446 e. The molecule has 0 atom stereocenters. The van der Waals surface area contributed by atoms with Crippen molar-refractivity contribution in [1.82, 2.24) is 0 Å². The highest BCUT2D eigenvalue weighted by molar-refractivity contribution is 8.00. The van der Waals surface area contributed by atoms with E-state index in [2.05, 4.69) is 6.07 Å². The van der Waals surface area contributed by atoms with Crippen molar-refractivity contribution in [2.24, 2.45) is 0 Å². The third kappa shape index (κ3) is 2.95. The summed E-state index contributed by atoms with van der Waals surface area (Å²) in [6.07, 6.45) is 0. The minimum absolute atomic E-state index is 0.0216. The predicted octanol–water partition coefficient (Wildman–Crippen LogP) is 3.75. The van der Waals surface area contributed by atoms with E-state index >= 15 is 0 Å². The van der Waals surface area contributed by atoms with Crippen molar-refractivity contribution >= 4 is 23.4 Å². The van der Waals surface area contributed by atoms with Gasteiger partial charge < -0.3 is 0 Å². The summed E-state index contributed by atoms with van der Waals surface area (Å²) < 4.78 is 35.4. The fourth-order valence-corrected chi connectivity index (χ4v) is 1.37. The van der Waals surface area contributed by atoms with Crippen LogP contribution in [0, 0.1) is 6.07 Å². The van der Waals surface area contributed by atoms with Gasteiger partial charge in [-0.2, -0.15) is 13.2 Å². The summed E-state index contributed by atoms with van der Waals surface area (Å²) in [5.41, 5.74) is -4.29. The van der Waals surface area contributed by atoms with Gasteiger partial charge in [0.25, 0.3) is 0 Å². The number of hydrogen-bond acceptors (Lipinski definition) is 1. The molecule has 0 aromatic heterocycles. The molecule has 0 saturated carbocycles. The van der Waals surface area contributed by atoms with Crippen LogP contribution >= 0.6 is 23.4 Å². The van der Waals surface area contributed by atoms with Crippen molar-refractivity contribution < 1.29 is 13.2 Å². The lowest BCUT2D eigenvalue weighted by Gasteiger charge is -2.05. The van der Waals surface area contributed by atoms with E-state index in [0.717, 1.165) is 0 Å². The lowest BCUT2D eigenvalue weighted by molar-refractivity contribution is -0.0328. The number of alkyl halides is 3. The van der Waals surface area contributed by atoms with E-state index in [0.29, 0.717) is 0 Å². The van der Waals surface area contributed by atoms with Gasteiger partial charge in [0.2, 0.25) is 0 Å². The molecule has 0 unspecified atom stereocenters. The Morgan fingerprint density at radius 2 is 2.08 bits per heavy atom. The van der Waals surface area contributed by atoms with E-state index < -0.39 is 5.51 Å². The molecular formula is C7H3ClF3S. The minimum Gasteiger partial charge on any atom is -0.160 e. The first-order valence-electron chi connectivity index (χ1n) is 2.90. The minimum atomic E-state index is -4.29. The van der Waals surface area contributed by atoms with E-state index in [1.54, 1.807) is 0 Å². The van der Waals surface area contributed by atoms with E-state index in [1.165, 1.54) is 18.2 Å². The van der Waals surface area contributed by atoms with Crippen molar-refractivity contribution in [3.63, 3.8) is 0 Å². The van der Waals surface area contributed by atoms with Crippen LogP contribution in [0.3, 0.4) is 0 Å². The lowest BCUT2D eigenvalue weighted by atomic mass is 10.4. The van der Waals surface area contributed by atoms with Crippen LogP contribution < -0.4 is 0 Å². The zero-order chi connectivity index (χ0) is 9.19. The summed E-state index contributed by atoms with van der Waals surface area (Å²) >= 11 is 5.25. The fourth-order valence-electron chi connectivity index (χ4n) is 0.599. The Bertz CT molecular complexity index is 272. The molecule has 12 heavy (non-hydrogen) atoms. The van der Waals surface area contributed by atoms with Crippen LogP contribution in [-0.4, -0.2) is 5.51 Å². The van der Waals surface area contributed by atoms with E-state index in [1.807, 2.05) is 0 Å². The predicted molar refractivity (Wildman–Crippen MR) is 42.2 cm³/mol. The first-order chi connectivity index (χ1) is 5.49. The van der Waals surface area contributed by atoms with Gasteiger partial charge in [-0.25, -0.2) is 0 Å². The van der Waals surface area contributed by atoms with Crippen molar-refractivity contribution in [1.29, 1.82) is 0 Å². The third-order valence-corrected chi connectivity index (χ3v) is 2.23. The van der Waals surface area contributed by atoms with Crippen LogP contribution in [-0.2, 0) is 0 Å². The topological polar surface area (TPSA) is 0 Å². The summed E-state index contributed by atoms with van der Waals surface area (Å²) in [6, 6.07) is 6.56. The SMILES string of the molecule is FC(F)(F)Sc1c[c]ccc1Cl. The third-order valence-electron chi connectivity index (χ3n) is 1.00. The molecule has 0 nitrogen and oxygen atoms in total. The molecule has 0 aliphatic rings. The Morgan fingerprint density at radius 1 is 1.42 bits per heavy atom. The molecule has 0 aliphatic carbocycles. The van der Waals surface area contributed by atoms with Gasteiger partial charge in [-0.3, -0.25) is 0 Å². The highest BCUT2D eigenvalue weighted by Gasteiger charge is 2.29. The summed E-state index contributed by atoms with van der Waals surface area (Å²) in [6.45, 7) is 0. The molecule has 0 aliphatic heterocycles. The average Bonchev–Trinajstić information content (AvgIpc) is 1.91. The second-order valence-corrected chi connectivity index (χ2v) is 3.42. The van der Waals surface area contributed by atoms with Crippen LogP contribution in [0.15, 0.2) is 23.1 Å². The van der Waals surface area contributed by atoms with Crippen LogP contribution in [0.2, 0.25) is 5.02 Å². The van der Waals surface area contributed by atoms with Crippen LogP contribution in [0.25, 0.3) is 0 Å². The summed E-state index contributed by atoms with van der Waals surface area (Å²) in [7, 11) is 0. The standard InChI is InChI=1S/C7H3ClF3S/c8-5-3-1-2-4-6(5)12-7(9,10)11/h1,3-4H. The number of hydrogen-bond donors (Lipinski definition) is 0. The van der Waals surface area contributed by atoms with Crippen LogP contribution in [0.1, 0.15) is 0 Å². The number of rotatable bonds is 1. The fraction of sp³-hybridized carbons (Fsp3) is 0.143. The number of halogens is 4. The number of benzene rings is 1. The Labute approximate surface area is 76.7 Å². The molecule has 1 aromatic rings. The molecule has 0 fully saturated rings. The zero-order valence-electron chi connectivity index (χ0n) is 5.65. The Balaban J connectivity index is 2.83. The molecule has 0 amide bonds. The Kier molecular flexibility index (Phi) is 2.90. The molecule has 1 radical (unpaired) electrons. The van der Waals surface area contributed by atoms with Crippen molar-refractivity contribution in [2.45, 2.75) is 10.4 Å². The van der Waals surface area contributed by atoms with Gasteiger partial charge in [0, 0.05) is 4.90 Å². The molecule has 1 rings (SSSR count). The molecular weight excluding hydrogens is 209 g/mol. The normalized spacial score (nSPS) is 11.7. The van der Waals surface area contributed by atoms with Crippen LogP contribution in [0.5, 0.6) is 0 Å². The summed E-state index contributed by atoms with van der Waals surface area (Å²) in [5, 5.41) is 0.0936. The largest absolute Gasteiger partial charge is 0.446 e. The molecule has 65 valence electrons. The first-order valence-corrected chi connectivity index (χ1v) is 4.10. The lowest BCUT2D eigenvalue weighted by Crippen LogP contribution is -1.98. The van der Waals surface area contributed by atoms with Crippen molar-refractivity contribution in [3.8, 4) is 0 Å². The van der Waals surface area contributed by atoms with Gasteiger partial charge in [-0.1, -0.05) is 17.7 Å².